The maximum atomic E-state index is 12.5. The van der Waals surface area contributed by atoms with Gasteiger partial charge in [-0.05, 0) is 52.7 Å². The number of amides is 1. The predicted octanol–water partition coefficient (Wildman–Crippen LogP) is 3.57. The second-order valence-corrected chi connectivity index (χ2v) is 8.42. The minimum atomic E-state index is -4.06. The number of halogens is 2. The highest BCUT2D eigenvalue weighted by Crippen LogP contribution is 2.37. The van der Waals surface area contributed by atoms with E-state index in [4.69, 9.17) is 25.8 Å². The Morgan fingerprint density at radius 2 is 1.82 bits per heavy atom. The minimum Gasteiger partial charge on any atom is -0.493 e. The summed E-state index contributed by atoms with van der Waals surface area (Å²) in [5.41, 5.74) is 0.403. The molecule has 0 atom stereocenters. The van der Waals surface area contributed by atoms with Crippen molar-refractivity contribution >= 4 is 43.5 Å². The second-order valence-electron chi connectivity index (χ2n) is 5.50. The summed E-state index contributed by atoms with van der Waals surface area (Å²) in [4.78, 5) is 12.2. The summed E-state index contributed by atoms with van der Waals surface area (Å²) in [5.74, 6) is 0.445. The van der Waals surface area contributed by atoms with Crippen LogP contribution in [-0.4, -0.2) is 35.2 Å². The number of ether oxygens (including phenoxy) is 3. The lowest BCUT2D eigenvalue weighted by Crippen LogP contribution is -2.31. The van der Waals surface area contributed by atoms with Crippen LogP contribution in [0.3, 0.4) is 0 Å². The van der Waals surface area contributed by atoms with Crippen molar-refractivity contribution in [2.45, 2.75) is 18.2 Å². The molecule has 0 spiro atoms. The van der Waals surface area contributed by atoms with Gasteiger partial charge in [0.15, 0.2) is 11.5 Å². The van der Waals surface area contributed by atoms with Gasteiger partial charge < -0.3 is 14.2 Å². The van der Waals surface area contributed by atoms with Crippen LogP contribution in [0, 0.1) is 0 Å². The second kappa shape index (κ2) is 9.49. The van der Waals surface area contributed by atoms with E-state index >= 15 is 0 Å². The molecule has 0 saturated carbocycles. The fraction of sp³-hybridized carbons (Fsp3) is 0.278. The molecule has 0 heterocycles. The molecule has 2 rings (SSSR count). The summed E-state index contributed by atoms with van der Waals surface area (Å²) in [7, 11) is -1.18. The number of hydrogen-bond donors (Lipinski definition) is 1. The molecule has 0 bridgehead atoms. The van der Waals surface area contributed by atoms with Gasteiger partial charge in [0.05, 0.1) is 41.6 Å². The van der Waals surface area contributed by atoms with Gasteiger partial charge in [-0.2, -0.15) is 0 Å². The molecule has 0 aromatic heterocycles. The van der Waals surface area contributed by atoms with Gasteiger partial charge in [-0.15, -0.1) is 0 Å². The first-order valence-corrected chi connectivity index (χ1v) is 10.8. The van der Waals surface area contributed by atoms with Crippen molar-refractivity contribution in [3.05, 3.63) is 45.4 Å². The van der Waals surface area contributed by atoms with Crippen molar-refractivity contribution in [1.82, 2.24) is 4.72 Å². The summed E-state index contributed by atoms with van der Waals surface area (Å²) in [6.45, 7) is 2.25. The molecule has 28 heavy (non-hydrogen) atoms. The van der Waals surface area contributed by atoms with Gasteiger partial charge in [0, 0.05) is 0 Å². The number of carbonyl (C=O) groups is 1. The van der Waals surface area contributed by atoms with Crippen LogP contribution in [0.5, 0.6) is 17.2 Å². The molecule has 2 aromatic carbocycles. The SMILES string of the molecule is CCOc1ccc(S(=O)(=O)NC(=O)Cc2ccc(OC)c(OC)c2Cl)cc1Br. The molecule has 0 radical (unpaired) electrons. The third-order valence-electron chi connectivity index (χ3n) is 3.68. The average molecular weight is 493 g/mol. The smallest absolute Gasteiger partial charge is 0.264 e. The van der Waals surface area contributed by atoms with Crippen molar-refractivity contribution in [2.75, 3.05) is 20.8 Å². The van der Waals surface area contributed by atoms with Gasteiger partial charge in [-0.3, -0.25) is 4.79 Å². The zero-order valence-corrected chi connectivity index (χ0v) is 18.6. The maximum absolute atomic E-state index is 12.5. The highest BCUT2D eigenvalue weighted by atomic mass is 79.9. The van der Waals surface area contributed by atoms with E-state index in [9.17, 15) is 13.2 Å². The Morgan fingerprint density at radius 3 is 2.39 bits per heavy atom. The Morgan fingerprint density at radius 1 is 1.14 bits per heavy atom. The van der Waals surface area contributed by atoms with Crippen molar-refractivity contribution < 1.29 is 27.4 Å². The van der Waals surface area contributed by atoms with E-state index in [1.165, 1.54) is 32.4 Å². The summed E-state index contributed by atoms with van der Waals surface area (Å²) in [5, 5.41) is 0.179. The van der Waals surface area contributed by atoms with E-state index in [0.29, 0.717) is 28.1 Å². The zero-order valence-electron chi connectivity index (χ0n) is 15.4. The van der Waals surface area contributed by atoms with Crippen LogP contribution in [0.4, 0.5) is 0 Å². The molecule has 1 amide bonds. The molecule has 0 aliphatic rings. The largest absolute Gasteiger partial charge is 0.493 e. The average Bonchev–Trinajstić information content (AvgIpc) is 2.64. The van der Waals surface area contributed by atoms with E-state index in [1.807, 2.05) is 11.6 Å². The van der Waals surface area contributed by atoms with Crippen LogP contribution >= 0.6 is 27.5 Å². The van der Waals surface area contributed by atoms with Gasteiger partial charge >= 0.3 is 0 Å². The molecular weight excluding hydrogens is 474 g/mol. The van der Waals surface area contributed by atoms with Crippen LogP contribution in [0.1, 0.15) is 12.5 Å². The third-order valence-corrected chi connectivity index (χ3v) is 6.08. The topological polar surface area (TPSA) is 90.9 Å². The molecule has 152 valence electrons. The van der Waals surface area contributed by atoms with Crippen LogP contribution in [-0.2, 0) is 21.2 Å². The Bertz CT molecular complexity index is 980. The van der Waals surface area contributed by atoms with Gasteiger partial charge in [0.2, 0.25) is 5.91 Å². The van der Waals surface area contributed by atoms with Crippen molar-refractivity contribution in [2.24, 2.45) is 0 Å². The lowest BCUT2D eigenvalue weighted by molar-refractivity contribution is -0.118. The first kappa shape index (κ1) is 22.3. The van der Waals surface area contributed by atoms with Crippen molar-refractivity contribution in [3.63, 3.8) is 0 Å². The number of hydrogen-bond acceptors (Lipinski definition) is 6. The highest BCUT2D eigenvalue weighted by Gasteiger charge is 2.21. The van der Waals surface area contributed by atoms with E-state index in [-0.39, 0.29) is 22.1 Å². The van der Waals surface area contributed by atoms with Gasteiger partial charge in [0.1, 0.15) is 5.75 Å². The number of carbonyl (C=O) groups excluding carboxylic acids is 1. The fourth-order valence-corrected chi connectivity index (χ4v) is 4.36. The van der Waals surface area contributed by atoms with E-state index in [1.54, 1.807) is 12.1 Å². The Balaban J connectivity index is 2.19. The summed E-state index contributed by atoms with van der Waals surface area (Å²) < 4.78 is 43.1. The van der Waals surface area contributed by atoms with E-state index in [2.05, 4.69) is 15.9 Å². The van der Waals surface area contributed by atoms with Crippen molar-refractivity contribution in [3.8, 4) is 17.2 Å². The lowest BCUT2D eigenvalue weighted by Gasteiger charge is -2.13. The number of nitrogens with one attached hydrogen (secondary N) is 1. The van der Waals surface area contributed by atoms with Crippen LogP contribution in [0.2, 0.25) is 5.02 Å². The van der Waals surface area contributed by atoms with E-state index in [0.717, 1.165) is 0 Å². The molecular formula is C18H19BrClNO6S. The lowest BCUT2D eigenvalue weighted by atomic mass is 10.1. The molecule has 0 saturated heterocycles. The third kappa shape index (κ3) is 5.09. The normalized spacial score (nSPS) is 11.0. The molecule has 0 unspecified atom stereocenters. The molecule has 0 aliphatic carbocycles. The van der Waals surface area contributed by atoms with Crippen LogP contribution in [0.15, 0.2) is 39.7 Å². The van der Waals surface area contributed by atoms with Crippen LogP contribution < -0.4 is 18.9 Å². The Kier molecular flexibility index (Phi) is 7.56. The van der Waals surface area contributed by atoms with Crippen LogP contribution in [0.25, 0.3) is 0 Å². The maximum Gasteiger partial charge on any atom is 0.264 e. The highest BCUT2D eigenvalue weighted by molar-refractivity contribution is 9.10. The summed E-state index contributed by atoms with van der Waals surface area (Å²) in [6, 6.07) is 7.39. The molecule has 10 heteroatoms. The zero-order chi connectivity index (χ0) is 20.9. The number of methoxy groups -OCH3 is 2. The first-order valence-electron chi connectivity index (χ1n) is 8.10. The molecule has 7 nitrogen and oxygen atoms in total. The van der Waals surface area contributed by atoms with Crippen molar-refractivity contribution in [1.29, 1.82) is 0 Å². The molecule has 0 fully saturated rings. The summed E-state index contributed by atoms with van der Waals surface area (Å²) >= 11 is 9.49. The summed E-state index contributed by atoms with van der Waals surface area (Å²) in [6.07, 6.45) is -0.253. The number of rotatable bonds is 8. The number of sulfonamides is 1. The van der Waals surface area contributed by atoms with Gasteiger partial charge in [-0.25, -0.2) is 13.1 Å². The minimum absolute atomic E-state index is 0.0745. The fourth-order valence-electron chi connectivity index (χ4n) is 2.41. The van der Waals surface area contributed by atoms with Gasteiger partial charge in [-0.1, -0.05) is 17.7 Å². The Hall–Kier alpha value is -1.97. The standard InChI is InChI=1S/C18H19BrClNO6S/c1-4-27-14-8-6-12(10-13(14)19)28(23,24)21-16(22)9-11-5-7-15(25-2)18(26-3)17(11)20/h5-8,10H,4,9H2,1-3H3,(H,21,22). The quantitative estimate of drug-likeness (QED) is 0.606. The molecule has 1 N–H and O–H groups in total. The molecule has 2 aromatic rings. The monoisotopic (exact) mass is 491 g/mol. The van der Waals surface area contributed by atoms with Gasteiger partial charge in [0.25, 0.3) is 10.0 Å². The van der Waals surface area contributed by atoms with E-state index < -0.39 is 15.9 Å². The Labute approximate surface area is 177 Å². The molecule has 0 aliphatic heterocycles. The first-order chi connectivity index (χ1) is 13.2. The predicted molar refractivity (Wildman–Crippen MR) is 109 cm³/mol. The number of benzene rings is 2.